The number of alkyl halides is 1. The maximum absolute atomic E-state index is 5.87. The Morgan fingerprint density at radius 2 is 2.23 bits per heavy atom. The number of hydrogen-bond acceptors (Lipinski definition) is 2. The second-order valence-electron chi connectivity index (χ2n) is 3.27. The third-order valence-corrected chi connectivity index (χ3v) is 2.99. The maximum atomic E-state index is 5.87. The van der Waals surface area contributed by atoms with Crippen LogP contribution in [-0.4, -0.2) is 16.4 Å². The summed E-state index contributed by atoms with van der Waals surface area (Å²) < 4.78 is 1.00. The standard InChI is InChI=1S/C9H10BrClN2/c10-6-1-2-9(12-5-6)13-8-3-7(11)4-8/h1-2,5,7-8H,3-4H2,(H,12,13). The fraction of sp³-hybridized carbons (Fsp3) is 0.444. The molecule has 0 bridgehead atoms. The Morgan fingerprint density at radius 1 is 1.46 bits per heavy atom. The van der Waals surface area contributed by atoms with E-state index in [0.717, 1.165) is 23.1 Å². The van der Waals surface area contributed by atoms with E-state index in [4.69, 9.17) is 11.6 Å². The van der Waals surface area contributed by atoms with Gasteiger partial charge in [-0.1, -0.05) is 0 Å². The van der Waals surface area contributed by atoms with Crippen LogP contribution in [0.4, 0.5) is 5.82 Å². The van der Waals surface area contributed by atoms with E-state index in [0.29, 0.717) is 11.4 Å². The van der Waals surface area contributed by atoms with Crippen LogP contribution in [0.2, 0.25) is 0 Å². The molecular weight excluding hydrogens is 251 g/mol. The van der Waals surface area contributed by atoms with Crippen molar-refractivity contribution in [1.29, 1.82) is 0 Å². The topological polar surface area (TPSA) is 24.9 Å². The molecule has 1 aliphatic rings. The van der Waals surface area contributed by atoms with Crippen molar-refractivity contribution in [1.82, 2.24) is 4.98 Å². The van der Waals surface area contributed by atoms with Crippen LogP contribution in [0.1, 0.15) is 12.8 Å². The molecular formula is C9H10BrClN2. The zero-order chi connectivity index (χ0) is 9.26. The first-order chi connectivity index (χ1) is 6.24. The molecule has 0 radical (unpaired) electrons. The lowest BCUT2D eigenvalue weighted by Crippen LogP contribution is -2.36. The number of hydrogen-bond donors (Lipinski definition) is 1. The first-order valence-electron chi connectivity index (χ1n) is 4.26. The molecule has 13 heavy (non-hydrogen) atoms. The Hall–Kier alpha value is -0.280. The average molecular weight is 262 g/mol. The lowest BCUT2D eigenvalue weighted by atomic mass is 9.92. The number of pyridine rings is 1. The zero-order valence-corrected chi connectivity index (χ0v) is 9.35. The summed E-state index contributed by atoms with van der Waals surface area (Å²) in [6, 6.07) is 4.45. The van der Waals surface area contributed by atoms with Gasteiger partial charge in [-0.25, -0.2) is 4.98 Å². The minimum absolute atomic E-state index is 0.355. The van der Waals surface area contributed by atoms with E-state index < -0.39 is 0 Å². The SMILES string of the molecule is ClC1CC(Nc2ccc(Br)cn2)C1. The summed E-state index contributed by atoms with van der Waals surface area (Å²) in [6.07, 6.45) is 3.87. The molecule has 1 heterocycles. The smallest absolute Gasteiger partial charge is 0.126 e. The number of aromatic nitrogens is 1. The van der Waals surface area contributed by atoms with Crippen LogP contribution in [-0.2, 0) is 0 Å². The van der Waals surface area contributed by atoms with Crippen molar-refractivity contribution in [3.63, 3.8) is 0 Å². The highest BCUT2D eigenvalue weighted by Gasteiger charge is 2.26. The molecule has 0 aromatic carbocycles. The van der Waals surface area contributed by atoms with Gasteiger partial charge < -0.3 is 5.32 Å². The molecule has 0 amide bonds. The molecule has 2 rings (SSSR count). The maximum Gasteiger partial charge on any atom is 0.126 e. The summed E-state index contributed by atoms with van der Waals surface area (Å²) in [7, 11) is 0. The lowest BCUT2D eigenvalue weighted by molar-refractivity contribution is 0.453. The van der Waals surface area contributed by atoms with Crippen LogP contribution in [0.5, 0.6) is 0 Å². The highest BCUT2D eigenvalue weighted by atomic mass is 79.9. The molecule has 0 atom stereocenters. The normalized spacial score (nSPS) is 26.6. The van der Waals surface area contributed by atoms with Crippen LogP contribution >= 0.6 is 27.5 Å². The predicted molar refractivity (Wildman–Crippen MR) is 58.2 cm³/mol. The minimum atomic E-state index is 0.355. The van der Waals surface area contributed by atoms with Gasteiger partial charge >= 0.3 is 0 Å². The van der Waals surface area contributed by atoms with Gasteiger partial charge in [0.05, 0.1) is 0 Å². The fourth-order valence-corrected chi connectivity index (χ4v) is 2.00. The Balaban J connectivity index is 1.91. The highest BCUT2D eigenvalue weighted by molar-refractivity contribution is 9.10. The van der Waals surface area contributed by atoms with Crippen molar-refractivity contribution >= 4 is 33.3 Å². The van der Waals surface area contributed by atoms with Gasteiger partial charge in [0.1, 0.15) is 5.82 Å². The van der Waals surface area contributed by atoms with E-state index in [9.17, 15) is 0 Å². The summed E-state index contributed by atoms with van der Waals surface area (Å²) in [5.74, 6) is 0.928. The van der Waals surface area contributed by atoms with E-state index in [1.54, 1.807) is 6.20 Å². The van der Waals surface area contributed by atoms with Gasteiger partial charge in [-0.2, -0.15) is 0 Å². The second-order valence-corrected chi connectivity index (χ2v) is 4.80. The van der Waals surface area contributed by atoms with Gasteiger partial charge in [-0.15, -0.1) is 11.6 Å². The monoisotopic (exact) mass is 260 g/mol. The Bertz CT molecular complexity index is 282. The fourth-order valence-electron chi connectivity index (χ4n) is 1.34. The molecule has 1 fully saturated rings. The molecule has 1 aromatic rings. The Morgan fingerprint density at radius 3 is 2.77 bits per heavy atom. The molecule has 1 N–H and O–H groups in total. The van der Waals surface area contributed by atoms with Crippen molar-refractivity contribution in [2.45, 2.75) is 24.3 Å². The van der Waals surface area contributed by atoms with E-state index in [1.807, 2.05) is 12.1 Å². The summed E-state index contributed by atoms with van der Waals surface area (Å²) in [5, 5.41) is 3.67. The summed E-state index contributed by atoms with van der Waals surface area (Å²) in [6.45, 7) is 0. The lowest BCUT2D eigenvalue weighted by Gasteiger charge is -2.31. The number of nitrogens with zero attached hydrogens (tertiary/aromatic N) is 1. The zero-order valence-electron chi connectivity index (χ0n) is 7.00. The van der Waals surface area contributed by atoms with Gasteiger partial charge in [-0.05, 0) is 40.9 Å². The average Bonchev–Trinajstić information content (AvgIpc) is 2.06. The summed E-state index contributed by atoms with van der Waals surface area (Å²) in [4.78, 5) is 4.22. The summed E-state index contributed by atoms with van der Waals surface area (Å²) in [5.41, 5.74) is 0. The van der Waals surface area contributed by atoms with Crippen molar-refractivity contribution in [2.75, 3.05) is 5.32 Å². The van der Waals surface area contributed by atoms with Crippen LogP contribution in [0.3, 0.4) is 0 Å². The first kappa shape index (κ1) is 9.28. The van der Waals surface area contributed by atoms with Crippen molar-refractivity contribution in [3.8, 4) is 0 Å². The molecule has 70 valence electrons. The van der Waals surface area contributed by atoms with Gasteiger partial charge in [0, 0.05) is 22.1 Å². The van der Waals surface area contributed by atoms with Crippen LogP contribution in [0, 0.1) is 0 Å². The molecule has 0 unspecified atom stereocenters. The van der Waals surface area contributed by atoms with Crippen molar-refractivity contribution < 1.29 is 0 Å². The highest BCUT2D eigenvalue weighted by Crippen LogP contribution is 2.27. The van der Waals surface area contributed by atoms with Crippen LogP contribution < -0.4 is 5.32 Å². The third kappa shape index (κ3) is 2.35. The Labute approximate surface area is 90.8 Å². The largest absolute Gasteiger partial charge is 0.367 e. The molecule has 2 nitrogen and oxygen atoms in total. The molecule has 0 saturated heterocycles. The van der Waals surface area contributed by atoms with Crippen LogP contribution in [0.15, 0.2) is 22.8 Å². The van der Waals surface area contributed by atoms with Gasteiger partial charge in [-0.3, -0.25) is 0 Å². The van der Waals surface area contributed by atoms with Crippen molar-refractivity contribution in [2.24, 2.45) is 0 Å². The first-order valence-corrected chi connectivity index (χ1v) is 5.49. The quantitative estimate of drug-likeness (QED) is 0.828. The summed E-state index contributed by atoms with van der Waals surface area (Å²) >= 11 is 9.21. The van der Waals surface area contributed by atoms with E-state index >= 15 is 0 Å². The van der Waals surface area contributed by atoms with Gasteiger partial charge in [0.15, 0.2) is 0 Å². The number of nitrogens with one attached hydrogen (secondary N) is 1. The van der Waals surface area contributed by atoms with Gasteiger partial charge in [0.25, 0.3) is 0 Å². The third-order valence-electron chi connectivity index (χ3n) is 2.16. The van der Waals surface area contributed by atoms with E-state index in [1.165, 1.54) is 0 Å². The van der Waals surface area contributed by atoms with E-state index in [2.05, 4.69) is 26.2 Å². The number of halogens is 2. The molecule has 4 heteroatoms. The number of anilines is 1. The van der Waals surface area contributed by atoms with E-state index in [-0.39, 0.29) is 0 Å². The van der Waals surface area contributed by atoms with Crippen LogP contribution in [0.25, 0.3) is 0 Å². The molecule has 1 saturated carbocycles. The molecule has 1 aliphatic carbocycles. The number of rotatable bonds is 2. The molecule has 0 aliphatic heterocycles. The predicted octanol–water partition coefficient (Wildman–Crippen LogP) is 3.03. The van der Waals surface area contributed by atoms with Gasteiger partial charge in [0.2, 0.25) is 0 Å². The molecule has 0 spiro atoms. The molecule has 1 aromatic heterocycles. The van der Waals surface area contributed by atoms with Crippen molar-refractivity contribution in [3.05, 3.63) is 22.8 Å². The second kappa shape index (κ2) is 3.84. The minimum Gasteiger partial charge on any atom is -0.367 e. The Kier molecular flexibility index (Phi) is 2.74.